The van der Waals surface area contributed by atoms with E-state index in [0.717, 1.165) is 6.92 Å². The summed E-state index contributed by atoms with van der Waals surface area (Å²) < 4.78 is 38.3. The van der Waals surface area contributed by atoms with Gasteiger partial charge in [-0.15, -0.1) is 0 Å². The van der Waals surface area contributed by atoms with Gasteiger partial charge < -0.3 is 4.57 Å². The molecular weight excluding hydrogens is 222 g/mol. The fraction of sp³-hybridized carbons (Fsp3) is 0.444. The van der Waals surface area contributed by atoms with E-state index in [2.05, 4.69) is 4.98 Å². The number of imidazole rings is 1. The van der Waals surface area contributed by atoms with Crippen molar-refractivity contribution in [3.8, 4) is 0 Å². The van der Waals surface area contributed by atoms with Crippen LogP contribution in [0.3, 0.4) is 0 Å². The van der Waals surface area contributed by atoms with E-state index < -0.39 is 22.5 Å². The highest BCUT2D eigenvalue weighted by molar-refractivity contribution is 7.84. The highest BCUT2D eigenvalue weighted by Gasteiger charge is 2.11. The van der Waals surface area contributed by atoms with Crippen LogP contribution in [-0.2, 0) is 17.8 Å². The lowest BCUT2D eigenvalue weighted by molar-refractivity contribution is 0.518. The Balaban J connectivity index is 2.59. The Hall–Kier alpha value is -1.04. The van der Waals surface area contributed by atoms with Crippen molar-refractivity contribution in [2.24, 2.45) is 7.05 Å². The van der Waals surface area contributed by atoms with Crippen LogP contribution in [0.4, 0.5) is 8.78 Å². The molecule has 0 N–H and O–H groups in total. The van der Waals surface area contributed by atoms with Gasteiger partial charge in [-0.1, -0.05) is 0 Å². The SMILES string of the molecule is C/C(F)=C(\F)CCS(=O)c1nccn1C. The van der Waals surface area contributed by atoms with E-state index in [9.17, 15) is 13.0 Å². The average molecular weight is 234 g/mol. The fourth-order valence-corrected chi connectivity index (χ4v) is 2.12. The first-order valence-electron chi connectivity index (χ1n) is 4.39. The maximum Gasteiger partial charge on any atom is 0.198 e. The number of aryl methyl sites for hydroxylation is 1. The number of allylic oxidation sites excluding steroid dienone is 2. The second kappa shape index (κ2) is 5.16. The molecule has 1 aromatic rings. The summed E-state index contributed by atoms with van der Waals surface area (Å²) in [5, 5.41) is 0.374. The molecule has 1 heterocycles. The van der Waals surface area contributed by atoms with E-state index in [1.807, 2.05) is 0 Å². The zero-order valence-electron chi connectivity index (χ0n) is 8.54. The van der Waals surface area contributed by atoms with Gasteiger partial charge in [0.2, 0.25) is 0 Å². The molecule has 0 bridgehead atoms. The smallest absolute Gasteiger partial charge is 0.198 e. The Morgan fingerprint density at radius 2 is 2.27 bits per heavy atom. The minimum atomic E-state index is -1.39. The standard InChI is InChI=1S/C9H12F2N2OS/c1-7(10)8(11)3-6-15(14)9-12-4-5-13(9)2/h4-5H,3,6H2,1-2H3/b8-7+. The van der Waals surface area contributed by atoms with E-state index in [4.69, 9.17) is 0 Å². The molecule has 0 aliphatic heterocycles. The lowest BCUT2D eigenvalue weighted by atomic mass is 10.4. The summed E-state index contributed by atoms with van der Waals surface area (Å²) in [6, 6.07) is 0. The van der Waals surface area contributed by atoms with E-state index in [0.29, 0.717) is 5.16 Å². The number of hydrogen-bond acceptors (Lipinski definition) is 2. The predicted molar refractivity (Wildman–Crippen MR) is 54.0 cm³/mol. The second-order valence-corrected chi connectivity index (χ2v) is 4.52. The number of hydrogen-bond donors (Lipinski definition) is 0. The highest BCUT2D eigenvalue weighted by atomic mass is 32.2. The summed E-state index contributed by atoms with van der Waals surface area (Å²) >= 11 is 0. The molecule has 1 aromatic heterocycles. The molecule has 1 atom stereocenters. The first-order valence-corrected chi connectivity index (χ1v) is 5.70. The summed E-state index contributed by atoms with van der Waals surface area (Å²) in [5.41, 5.74) is 0. The summed E-state index contributed by atoms with van der Waals surface area (Å²) in [6.45, 7) is 1.04. The zero-order valence-corrected chi connectivity index (χ0v) is 9.35. The van der Waals surface area contributed by atoms with Crippen molar-refractivity contribution in [3.63, 3.8) is 0 Å². The molecule has 0 aromatic carbocycles. The molecular formula is C9H12F2N2OS. The van der Waals surface area contributed by atoms with Crippen LogP contribution in [0.25, 0.3) is 0 Å². The van der Waals surface area contributed by atoms with Gasteiger partial charge in [0, 0.05) is 31.6 Å². The van der Waals surface area contributed by atoms with Crippen LogP contribution in [0.2, 0.25) is 0 Å². The zero-order chi connectivity index (χ0) is 11.4. The van der Waals surface area contributed by atoms with E-state index in [1.165, 1.54) is 6.20 Å². The van der Waals surface area contributed by atoms with Gasteiger partial charge in [0.15, 0.2) is 5.16 Å². The molecule has 0 radical (unpaired) electrons. The lowest BCUT2D eigenvalue weighted by Gasteiger charge is -2.01. The summed E-state index contributed by atoms with van der Waals surface area (Å²) in [7, 11) is 0.311. The van der Waals surface area contributed by atoms with Gasteiger partial charge in [-0.3, -0.25) is 4.21 Å². The third-order valence-electron chi connectivity index (χ3n) is 1.86. The molecule has 1 unspecified atom stereocenters. The minimum absolute atomic E-state index is 0.0396. The first-order chi connectivity index (χ1) is 7.02. The molecule has 3 nitrogen and oxygen atoms in total. The van der Waals surface area contributed by atoms with Gasteiger partial charge in [0.05, 0.1) is 10.8 Å². The monoisotopic (exact) mass is 234 g/mol. The highest BCUT2D eigenvalue weighted by Crippen LogP contribution is 2.13. The summed E-state index contributed by atoms with van der Waals surface area (Å²) in [6.07, 6.45) is 3.00. The van der Waals surface area contributed by atoms with Gasteiger partial charge in [-0.25, -0.2) is 13.8 Å². The second-order valence-electron chi connectivity index (χ2n) is 3.06. The average Bonchev–Trinajstić information content (AvgIpc) is 2.60. The topological polar surface area (TPSA) is 34.9 Å². The van der Waals surface area contributed by atoms with Crippen LogP contribution in [0.5, 0.6) is 0 Å². The Kier molecular flexibility index (Phi) is 4.14. The normalized spacial score (nSPS) is 14.9. The number of aromatic nitrogens is 2. The third kappa shape index (κ3) is 3.23. The van der Waals surface area contributed by atoms with Crippen LogP contribution >= 0.6 is 0 Å². The van der Waals surface area contributed by atoms with Crippen LogP contribution in [-0.4, -0.2) is 19.5 Å². The Morgan fingerprint density at radius 3 is 2.73 bits per heavy atom. The molecule has 6 heteroatoms. The van der Waals surface area contributed by atoms with Gasteiger partial charge in [0.25, 0.3) is 0 Å². The lowest BCUT2D eigenvalue weighted by Crippen LogP contribution is -2.05. The van der Waals surface area contributed by atoms with Crippen LogP contribution in [0, 0.1) is 0 Å². The van der Waals surface area contributed by atoms with Crippen LogP contribution in [0.15, 0.2) is 29.2 Å². The van der Waals surface area contributed by atoms with Crippen molar-refractivity contribution in [2.75, 3.05) is 5.75 Å². The van der Waals surface area contributed by atoms with Crippen molar-refractivity contribution >= 4 is 10.8 Å². The third-order valence-corrected chi connectivity index (χ3v) is 3.24. The summed E-state index contributed by atoms with van der Waals surface area (Å²) in [4.78, 5) is 3.87. The summed E-state index contributed by atoms with van der Waals surface area (Å²) in [5.74, 6) is -1.66. The van der Waals surface area contributed by atoms with Gasteiger partial charge in [-0.05, 0) is 6.92 Å². The number of rotatable bonds is 4. The Labute approximate surface area is 89.3 Å². The Bertz CT molecular complexity index is 397. The Morgan fingerprint density at radius 1 is 1.60 bits per heavy atom. The van der Waals surface area contributed by atoms with E-state index >= 15 is 0 Å². The van der Waals surface area contributed by atoms with Crippen molar-refractivity contribution in [3.05, 3.63) is 24.0 Å². The fourth-order valence-electron chi connectivity index (χ4n) is 1.02. The van der Waals surface area contributed by atoms with Crippen LogP contribution < -0.4 is 0 Å². The number of halogens is 2. The van der Waals surface area contributed by atoms with Crippen molar-refractivity contribution in [2.45, 2.75) is 18.5 Å². The maximum atomic E-state index is 12.8. The molecule has 1 rings (SSSR count). The molecule has 15 heavy (non-hydrogen) atoms. The molecule has 0 saturated carbocycles. The molecule has 0 amide bonds. The molecule has 0 aliphatic carbocycles. The van der Waals surface area contributed by atoms with Gasteiger partial charge >= 0.3 is 0 Å². The maximum absolute atomic E-state index is 12.8. The van der Waals surface area contributed by atoms with Gasteiger partial charge in [0.1, 0.15) is 11.7 Å². The molecule has 0 spiro atoms. The van der Waals surface area contributed by atoms with Crippen molar-refractivity contribution < 1.29 is 13.0 Å². The number of nitrogens with zero attached hydrogens (tertiary/aromatic N) is 2. The predicted octanol–water partition coefficient (Wildman–Crippen LogP) is 2.09. The largest absolute Gasteiger partial charge is 0.327 e. The molecule has 0 saturated heterocycles. The van der Waals surface area contributed by atoms with Crippen molar-refractivity contribution in [1.29, 1.82) is 0 Å². The molecule has 0 fully saturated rings. The van der Waals surface area contributed by atoms with Crippen molar-refractivity contribution in [1.82, 2.24) is 9.55 Å². The quantitative estimate of drug-likeness (QED) is 0.799. The first kappa shape index (κ1) is 12.0. The van der Waals surface area contributed by atoms with E-state index in [1.54, 1.807) is 17.8 Å². The molecule has 0 aliphatic rings. The minimum Gasteiger partial charge on any atom is -0.327 e. The van der Waals surface area contributed by atoms with Gasteiger partial charge in [-0.2, -0.15) is 0 Å². The van der Waals surface area contributed by atoms with E-state index in [-0.39, 0.29) is 12.2 Å². The molecule has 84 valence electrons. The van der Waals surface area contributed by atoms with Crippen LogP contribution in [0.1, 0.15) is 13.3 Å².